The van der Waals surface area contributed by atoms with Crippen LogP contribution in [0.15, 0.2) is 51.8 Å². The minimum absolute atomic E-state index is 0.0199. The number of benzene rings is 1. The summed E-state index contributed by atoms with van der Waals surface area (Å²) in [6, 6.07) is 11.9. The maximum atomic E-state index is 13.0. The van der Waals surface area contributed by atoms with Crippen molar-refractivity contribution in [1.29, 1.82) is 0 Å². The van der Waals surface area contributed by atoms with Crippen molar-refractivity contribution in [2.45, 2.75) is 13.8 Å². The van der Waals surface area contributed by atoms with Gasteiger partial charge in [-0.25, -0.2) is 4.79 Å². The van der Waals surface area contributed by atoms with Gasteiger partial charge in [0.05, 0.1) is 15.5 Å². The summed E-state index contributed by atoms with van der Waals surface area (Å²) >= 11 is 12.7. The Bertz CT molecular complexity index is 1220. The number of nitrogens with zero attached hydrogens (tertiary/aromatic N) is 2. The van der Waals surface area contributed by atoms with E-state index in [1.165, 1.54) is 28.9 Å². The van der Waals surface area contributed by atoms with E-state index in [9.17, 15) is 9.59 Å². The highest BCUT2D eigenvalue weighted by atomic mass is 35.5. The van der Waals surface area contributed by atoms with Crippen LogP contribution in [0.5, 0.6) is 0 Å². The van der Waals surface area contributed by atoms with E-state index >= 15 is 0 Å². The number of carbonyl (C=O) groups is 2. The average molecular weight is 459 g/mol. The van der Waals surface area contributed by atoms with Crippen LogP contribution >= 0.6 is 35.6 Å². The van der Waals surface area contributed by atoms with Crippen molar-refractivity contribution >= 4 is 57.9 Å². The molecule has 1 N–H and O–H groups in total. The molecule has 0 unspecified atom stereocenters. The van der Waals surface area contributed by atoms with E-state index in [2.05, 4.69) is 0 Å². The fraction of sp³-hybridized carbons (Fsp3) is 0.0952. The van der Waals surface area contributed by atoms with Crippen molar-refractivity contribution in [3.63, 3.8) is 0 Å². The van der Waals surface area contributed by atoms with Crippen molar-refractivity contribution in [3.8, 4) is 11.3 Å². The molecule has 0 bridgehead atoms. The van der Waals surface area contributed by atoms with E-state index in [4.69, 9.17) is 33.3 Å². The molecule has 1 saturated heterocycles. The summed E-state index contributed by atoms with van der Waals surface area (Å²) in [6.07, 6.45) is 1.64. The van der Waals surface area contributed by atoms with Crippen molar-refractivity contribution in [2.75, 3.05) is 5.01 Å². The van der Waals surface area contributed by atoms with E-state index < -0.39 is 5.97 Å². The van der Waals surface area contributed by atoms with Crippen LogP contribution in [0.4, 0.5) is 0 Å². The van der Waals surface area contributed by atoms with Gasteiger partial charge in [0, 0.05) is 23.0 Å². The lowest BCUT2D eigenvalue weighted by atomic mass is 10.1. The number of aromatic nitrogens is 1. The standard InChI is InChI=1S/C21H15ClN2O4S2/c1-11-3-4-12(2)23(11)24-19(25)18(30-21(24)29)10-14-6-8-17(28-14)13-5-7-15(20(26)27)16(22)9-13/h3-10H,1-2H3,(H,26,27)/b18-10-. The van der Waals surface area contributed by atoms with Crippen LogP contribution in [-0.2, 0) is 4.79 Å². The molecule has 9 heteroatoms. The second-order valence-corrected chi connectivity index (χ2v) is 8.71. The second kappa shape index (κ2) is 7.79. The number of thioether (sulfide) groups is 1. The molecule has 3 aromatic rings. The summed E-state index contributed by atoms with van der Waals surface area (Å²) in [4.78, 5) is 24.5. The summed E-state index contributed by atoms with van der Waals surface area (Å²) in [5.74, 6) is -0.335. The van der Waals surface area contributed by atoms with Gasteiger partial charge in [0.1, 0.15) is 11.5 Å². The number of hydrogen-bond donors (Lipinski definition) is 1. The first kappa shape index (κ1) is 20.5. The first-order chi connectivity index (χ1) is 14.3. The third kappa shape index (κ3) is 3.58. The maximum absolute atomic E-state index is 13.0. The van der Waals surface area contributed by atoms with Gasteiger partial charge in [0.15, 0.2) is 4.32 Å². The van der Waals surface area contributed by atoms with Crippen LogP contribution in [0, 0.1) is 13.8 Å². The van der Waals surface area contributed by atoms with Crippen LogP contribution < -0.4 is 5.01 Å². The fourth-order valence-corrected chi connectivity index (χ4v) is 4.65. The van der Waals surface area contributed by atoms with Gasteiger partial charge in [-0.1, -0.05) is 29.4 Å². The number of halogens is 1. The number of amides is 1. The zero-order chi connectivity index (χ0) is 21.6. The van der Waals surface area contributed by atoms with Gasteiger partial charge >= 0.3 is 5.97 Å². The Hall–Kier alpha value is -2.81. The summed E-state index contributed by atoms with van der Waals surface area (Å²) in [7, 11) is 0. The summed E-state index contributed by atoms with van der Waals surface area (Å²) in [6.45, 7) is 3.82. The molecular formula is C21H15ClN2O4S2. The van der Waals surface area contributed by atoms with E-state index in [0.717, 1.165) is 11.4 Å². The minimum atomic E-state index is -1.10. The molecule has 0 radical (unpaired) electrons. The number of carboxylic acids is 1. The molecular weight excluding hydrogens is 444 g/mol. The van der Waals surface area contributed by atoms with Gasteiger partial charge in [-0.05, 0) is 62.5 Å². The van der Waals surface area contributed by atoms with Crippen LogP contribution in [-0.4, -0.2) is 26.0 Å². The second-order valence-electron chi connectivity index (χ2n) is 6.62. The predicted octanol–water partition coefficient (Wildman–Crippen LogP) is 5.25. The summed E-state index contributed by atoms with van der Waals surface area (Å²) in [5, 5.41) is 10.7. The van der Waals surface area contributed by atoms with Crippen LogP contribution in [0.3, 0.4) is 0 Å². The highest BCUT2D eigenvalue weighted by Gasteiger charge is 2.35. The van der Waals surface area contributed by atoms with Gasteiger partial charge in [0.2, 0.25) is 0 Å². The first-order valence-corrected chi connectivity index (χ1v) is 10.4. The van der Waals surface area contributed by atoms with Gasteiger partial charge in [-0.3, -0.25) is 9.47 Å². The van der Waals surface area contributed by atoms with Gasteiger partial charge in [-0.15, -0.1) is 0 Å². The van der Waals surface area contributed by atoms with Gasteiger partial charge < -0.3 is 9.52 Å². The van der Waals surface area contributed by atoms with Crippen molar-refractivity contribution < 1.29 is 19.1 Å². The quantitative estimate of drug-likeness (QED) is 0.425. The Morgan fingerprint density at radius 1 is 1.17 bits per heavy atom. The lowest BCUT2D eigenvalue weighted by molar-refractivity contribution is -0.114. The van der Waals surface area contributed by atoms with Crippen molar-refractivity contribution in [1.82, 2.24) is 4.68 Å². The number of furan rings is 1. The predicted molar refractivity (Wildman–Crippen MR) is 121 cm³/mol. The van der Waals surface area contributed by atoms with E-state index in [-0.39, 0.29) is 16.5 Å². The molecule has 1 aromatic carbocycles. The molecule has 1 amide bonds. The third-order valence-electron chi connectivity index (χ3n) is 4.59. The molecule has 0 spiro atoms. The fourth-order valence-electron chi connectivity index (χ4n) is 3.16. The van der Waals surface area contributed by atoms with E-state index in [1.54, 1.807) is 29.0 Å². The number of hydrogen-bond acceptors (Lipinski definition) is 5. The summed E-state index contributed by atoms with van der Waals surface area (Å²) in [5.41, 5.74) is 2.47. The third-order valence-corrected chi connectivity index (χ3v) is 6.19. The topological polar surface area (TPSA) is 75.7 Å². The Morgan fingerprint density at radius 3 is 2.50 bits per heavy atom. The zero-order valence-electron chi connectivity index (χ0n) is 15.9. The molecule has 4 rings (SSSR count). The molecule has 2 aromatic heterocycles. The Labute approximate surface area is 186 Å². The SMILES string of the molecule is Cc1ccc(C)n1N1C(=O)/C(=C/c2ccc(-c3ccc(C(=O)O)c(Cl)c3)o2)SC1=S. The number of carboxylic acid groups (broad SMARTS) is 1. The zero-order valence-corrected chi connectivity index (χ0v) is 18.3. The Balaban J connectivity index is 1.62. The molecule has 3 heterocycles. The van der Waals surface area contributed by atoms with Gasteiger partial charge in [0.25, 0.3) is 5.91 Å². The number of carbonyl (C=O) groups excluding carboxylic acids is 1. The normalized spacial score (nSPS) is 15.4. The summed E-state index contributed by atoms with van der Waals surface area (Å²) < 4.78 is 8.06. The molecule has 1 aliphatic heterocycles. The molecule has 0 atom stereocenters. The van der Waals surface area contributed by atoms with Crippen LogP contribution in [0.2, 0.25) is 5.02 Å². The average Bonchev–Trinajstić information content (AvgIpc) is 3.35. The smallest absolute Gasteiger partial charge is 0.337 e. The Morgan fingerprint density at radius 2 is 1.87 bits per heavy atom. The van der Waals surface area contributed by atoms with Gasteiger partial charge in [-0.2, -0.15) is 5.01 Å². The number of aromatic carboxylic acids is 1. The molecule has 0 aliphatic carbocycles. The molecule has 152 valence electrons. The van der Waals surface area contributed by atoms with Crippen LogP contribution in [0.25, 0.3) is 17.4 Å². The largest absolute Gasteiger partial charge is 0.478 e. The van der Waals surface area contributed by atoms with Crippen molar-refractivity contribution in [2.24, 2.45) is 0 Å². The molecule has 6 nitrogen and oxygen atoms in total. The maximum Gasteiger partial charge on any atom is 0.337 e. The highest BCUT2D eigenvalue weighted by molar-refractivity contribution is 8.27. The van der Waals surface area contributed by atoms with E-state index in [0.29, 0.717) is 26.3 Å². The van der Waals surface area contributed by atoms with Crippen molar-refractivity contribution in [3.05, 3.63) is 75.1 Å². The molecule has 1 aliphatic rings. The van der Waals surface area contributed by atoms with E-state index in [1.807, 2.05) is 26.0 Å². The molecule has 1 fully saturated rings. The number of aryl methyl sites for hydroxylation is 2. The van der Waals surface area contributed by atoms with Crippen LogP contribution in [0.1, 0.15) is 27.5 Å². The Kier molecular flexibility index (Phi) is 5.31. The lowest BCUT2D eigenvalue weighted by Gasteiger charge is -2.20. The molecule has 30 heavy (non-hydrogen) atoms. The number of rotatable bonds is 4. The molecule has 0 saturated carbocycles. The highest BCUT2D eigenvalue weighted by Crippen LogP contribution is 2.34. The lowest BCUT2D eigenvalue weighted by Crippen LogP contribution is -2.39. The monoisotopic (exact) mass is 458 g/mol. The number of thiocarbonyl (C=S) groups is 1. The minimum Gasteiger partial charge on any atom is -0.478 e. The first-order valence-electron chi connectivity index (χ1n) is 8.82.